The maximum absolute atomic E-state index is 14.2. The number of aryl methyl sites for hydroxylation is 1. The van der Waals surface area contributed by atoms with Crippen LogP contribution in [0.2, 0.25) is 0 Å². The Hall–Kier alpha value is -4.33. The molecule has 0 saturated carbocycles. The first kappa shape index (κ1) is 20.9. The number of nitrogens with one attached hydrogen (secondary N) is 1. The van der Waals surface area contributed by atoms with Gasteiger partial charge in [-0.25, -0.2) is 13.5 Å². The molecule has 0 atom stereocenters. The zero-order valence-corrected chi connectivity index (χ0v) is 16.9. The van der Waals surface area contributed by atoms with E-state index in [4.69, 9.17) is 4.74 Å². The van der Waals surface area contributed by atoms with Crippen LogP contribution in [0.3, 0.4) is 0 Å². The second-order valence-corrected chi connectivity index (χ2v) is 6.90. The quantitative estimate of drug-likeness (QED) is 0.459. The van der Waals surface area contributed by atoms with Gasteiger partial charge in [0.1, 0.15) is 17.3 Å². The van der Waals surface area contributed by atoms with Crippen molar-refractivity contribution in [1.29, 1.82) is 0 Å². The van der Waals surface area contributed by atoms with E-state index in [1.165, 1.54) is 23.9 Å². The van der Waals surface area contributed by atoms with Crippen molar-refractivity contribution in [3.63, 3.8) is 0 Å². The van der Waals surface area contributed by atoms with E-state index < -0.39 is 17.5 Å². The van der Waals surface area contributed by atoms with E-state index >= 15 is 0 Å². The van der Waals surface area contributed by atoms with Gasteiger partial charge in [0.05, 0.1) is 5.39 Å². The second-order valence-electron chi connectivity index (χ2n) is 6.90. The maximum atomic E-state index is 14.2. The summed E-state index contributed by atoms with van der Waals surface area (Å²) in [6.07, 6.45) is 1.12. The molecule has 3 aromatic carbocycles. The molecule has 0 fully saturated rings. The van der Waals surface area contributed by atoms with E-state index in [1.54, 1.807) is 36.4 Å². The van der Waals surface area contributed by atoms with E-state index in [1.807, 2.05) is 0 Å². The minimum Gasteiger partial charge on any atom is -0.454 e. The fraction of sp³-hybridized carbons (Fsp3) is 0.0417. The summed E-state index contributed by atoms with van der Waals surface area (Å²) in [6, 6.07) is 14.6. The molecule has 0 spiro atoms. The number of aromatic nitrogens is 2. The van der Waals surface area contributed by atoms with Crippen LogP contribution >= 0.6 is 0 Å². The number of rotatable bonds is 5. The predicted octanol–water partition coefficient (Wildman–Crippen LogP) is 4.80. The van der Waals surface area contributed by atoms with Gasteiger partial charge in [-0.2, -0.15) is 5.10 Å². The van der Waals surface area contributed by atoms with Gasteiger partial charge in [-0.1, -0.05) is 24.8 Å². The molecule has 0 radical (unpaired) electrons. The van der Waals surface area contributed by atoms with Gasteiger partial charge in [-0.15, -0.1) is 0 Å². The molecule has 1 N–H and O–H groups in total. The number of benzene rings is 3. The molecule has 0 aliphatic carbocycles. The van der Waals surface area contributed by atoms with Crippen molar-refractivity contribution in [3.8, 4) is 22.8 Å². The van der Waals surface area contributed by atoms with Crippen LogP contribution in [0.4, 0.5) is 14.5 Å². The summed E-state index contributed by atoms with van der Waals surface area (Å²) >= 11 is 0. The highest BCUT2D eigenvalue weighted by atomic mass is 19.1. The minimum absolute atomic E-state index is 0.190. The zero-order chi connectivity index (χ0) is 22.8. The van der Waals surface area contributed by atoms with Crippen LogP contribution in [0.25, 0.3) is 22.0 Å². The van der Waals surface area contributed by atoms with Crippen LogP contribution in [-0.4, -0.2) is 15.7 Å². The fourth-order valence-electron chi connectivity index (χ4n) is 3.25. The smallest absolute Gasteiger partial charge is 0.274 e. The van der Waals surface area contributed by atoms with Crippen molar-refractivity contribution in [2.45, 2.75) is 0 Å². The molecule has 0 unspecified atom stereocenters. The Morgan fingerprint density at radius 1 is 1.06 bits per heavy atom. The molecule has 0 saturated heterocycles. The summed E-state index contributed by atoms with van der Waals surface area (Å²) in [6.45, 7) is 3.43. The van der Waals surface area contributed by atoms with Crippen LogP contribution in [-0.2, 0) is 11.8 Å². The standard InChI is InChI=1S/C24H17F2N3O3/c1-3-22(30)27-15-9-11-20(32-21-10-8-14(25)12-19(21)26)18(13-15)23-16-6-4-5-7-17(16)24(31)29(2)28-23/h3-13H,1H2,2H3,(H,27,30). The van der Waals surface area contributed by atoms with Crippen molar-refractivity contribution in [2.24, 2.45) is 7.05 Å². The summed E-state index contributed by atoms with van der Waals surface area (Å²) in [5, 5.41) is 8.02. The lowest BCUT2D eigenvalue weighted by Gasteiger charge is -2.15. The molecule has 0 bridgehead atoms. The summed E-state index contributed by atoms with van der Waals surface area (Å²) in [7, 11) is 1.52. The third kappa shape index (κ3) is 3.98. The normalized spacial score (nSPS) is 10.7. The lowest BCUT2D eigenvalue weighted by Crippen LogP contribution is -2.20. The molecule has 1 heterocycles. The number of hydrogen-bond donors (Lipinski definition) is 1. The van der Waals surface area contributed by atoms with E-state index in [9.17, 15) is 18.4 Å². The minimum atomic E-state index is -0.877. The molecule has 4 rings (SSSR count). The number of carbonyl (C=O) groups excluding carboxylic acids is 1. The Morgan fingerprint density at radius 3 is 2.50 bits per heavy atom. The number of hydrogen-bond acceptors (Lipinski definition) is 4. The van der Waals surface area contributed by atoms with Gasteiger partial charge in [0, 0.05) is 29.8 Å². The summed E-state index contributed by atoms with van der Waals surface area (Å²) in [4.78, 5) is 24.3. The monoisotopic (exact) mass is 433 g/mol. The second kappa shape index (κ2) is 8.43. The van der Waals surface area contributed by atoms with Crippen LogP contribution in [0.5, 0.6) is 11.5 Å². The van der Waals surface area contributed by atoms with Crippen molar-refractivity contribution in [1.82, 2.24) is 9.78 Å². The Morgan fingerprint density at radius 2 is 1.78 bits per heavy atom. The Bertz CT molecular complexity index is 1430. The van der Waals surface area contributed by atoms with Crippen molar-refractivity contribution in [2.75, 3.05) is 5.32 Å². The molecule has 32 heavy (non-hydrogen) atoms. The van der Waals surface area contributed by atoms with Crippen molar-refractivity contribution < 1.29 is 18.3 Å². The number of carbonyl (C=O) groups is 1. The number of ether oxygens (including phenoxy) is 1. The van der Waals surface area contributed by atoms with Gasteiger partial charge in [-0.05, 0) is 42.5 Å². The van der Waals surface area contributed by atoms with Gasteiger partial charge >= 0.3 is 0 Å². The van der Waals surface area contributed by atoms with Crippen molar-refractivity contribution >= 4 is 22.4 Å². The highest BCUT2D eigenvalue weighted by Gasteiger charge is 2.18. The number of amides is 1. The highest BCUT2D eigenvalue weighted by Crippen LogP contribution is 2.38. The first-order valence-corrected chi connectivity index (χ1v) is 9.54. The average molecular weight is 433 g/mol. The number of anilines is 1. The lowest BCUT2D eigenvalue weighted by atomic mass is 10.0. The Labute approximate surface area is 181 Å². The van der Waals surface area contributed by atoms with E-state index in [-0.39, 0.29) is 17.1 Å². The molecular formula is C24H17F2N3O3. The average Bonchev–Trinajstić information content (AvgIpc) is 2.79. The first-order chi connectivity index (χ1) is 15.4. The summed E-state index contributed by atoms with van der Waals surface area (Å²) in [5.74, 6) is -2.03. The van der Waals surface area contributed by atoms with Gasteiger partial charge < -0.3 is 10.1 Å². The highest BCUT2D eigenvalue weighted by molar-refractivity contribution is 6.00. The Kier molecular flexibility index (Phi) is 5.51. The number of halogens is 2. The molecule has 4 aromatic rings. The predicted molar refractivity (Wildman–Crippen MR) is 118 cm³/mol. The summed E-state index contributed by atoms with van der Waals surface area (Å²) in [5.41, 5.74) is 0.904. The molecule has 8 heteroatoms. The van der Waals surface area contributed by atoms with E-state index in [2.05, 4.69) is 17.0 Å². The third-order valence-electron chi connectivity index (χ3n) is 4.76. The molecule has 0 aliphatic rings. The van der Waals surface area contributed by atoms with Crippen molar-refractivity contribution in [3.05, 3.63) is 95.3 Å². The van der Waals surface area contributed by atoms with Gasteiger partial charge in [-0.3, -0.25) is 9.59 Å². The topological polar surface area (TPSA) is 73.2 Å². The van der Waals surface area contributed by atoms with Gasteiger partial charge in [0.15, 0.2) is 11.6 Å². The van der Waals surface area contributed by atoms with E-state index in [0.717, 1.165) is 12.1 Å². The van der Waals surface area contributed by atoms with Crippen LogP contribution in [0.15, 0.2) is 78.1 Å². The fourth-order valence-corrected chi connectivity index (χ4v) is 3.25. The maximum Gasteiger partial charge on any atom is 0.274 e. The van der Waals surface area contributed by atoms with E-state index in [0.29, 0.717) is 33.8 Å². The zero-order valence-electron chi connectivity index (χ0n) is 16.9. The molecule has 160 valence electrons. The molecular weight excluding hydrogens is 416 g/mol. The van der Waals surface area contributed by atoms with Crippen LogP contribution in [0, 0.1) is 11.6 Å². The van der Waals surface area contributed by atoms with Crippen LogP contribution in [0.1, 0.15) is 0 Å². The first-order valence-electron chi connectivity index (χ1n) is 9.54. The van der Waals surface area contributed by atoms with Gasteiger partial charge in [0.2, 0.25) is 5.91 Å². The SMILES string of the molecule is C=CC(=O)Nc1ccc(Oc2ccc(F)cc2F)c(-c2nn(C)c(=O)c3ccccc23)c1. The van der Waals surface area contributed by atoms with Gasteiger partial charge in [0.25, 0.3) is 5.56 Å². The molecule has 6 nitrogen and oxygen atoms in total. The van der Waals surface area contributed by atoms with Crippen LogP contribution < -0.4 is 15.6 Å². The third-order valence-corrected chi connectivity index (χ3v) is 4.76. The lowest BCUT2D eigenvalue weighted by molar-refractivity contribution is -0.111. The summed E-state index contributed by atoms with van der Waals surface area (Å²) < 4.78 is 34.5. The molecule has 1 amide bonds. The molecule has 1 aromatic heterocycles. The number of nitrogens with zero attached hydrogens (tertiary/aromatic N) is 2. The molecule has 0 aliphatic heterocycles. The number of fused-ring (bicyclic) bond motifs is 1. The largest absolute Gasteiger partial charge is 0.454 e. The Balaban J connectivity index is 1.94.